The molecule has 0 aliphatic heterocycles. The van der Waals surface area contributed by atoms with E-state index >= 15 is 0 Å². The molecule has 0 spiro atoms. The van der Waals surface area contributed by atoms with Gasteiger partial charge in [0, 0.05) is 20.0 Å². The fraction of sp³-hybridized carbons (Fsp3) is 0.455. The summed E-state index contributed by atoms with van der Waals surface area (Å²) in [6.07, 6.45) is 4.61. The third-order valence-electron chi connectivity index (χ3n) is 2.28. The van der Waals surface area contributed by atoms with Crippen LogP contribution in [0.3, 0.4) is 0 Å². The topological polar surface area (TPSA) is 110 Å². The molecule has 2 amide bonds. The molecule has 1 rings (SSSR count). The third-order valence-corrected chi connectivity index (χ3v) is 2.28. The van der Waals surface area contributed by atoms with Gasteiger partial charge in [-0.1, -0.05) is 0 Å². The number of hydrogen-bond donors (Lipinski definition) is 3. The van der Waals surface area contributed by atoms with Crippen LogP contribution in [-0.2, 0) is 4.79 Å². The van der Waals surface area contributed by atoms with Crippen molar-refractivity contribution in [3.63, 3.8) is 0 Å². The van der Waals surface area contributed by atoms with Gasteiger partial charge in [0.1, 0.15) is 11.5 Å². The monoisotopic (exact) mass is 251 g/mol. The largest absolute Gasteiger partial charge is 0.372 e. The van der Waals surface area contributed by atoms with E-state index in [9.17, 15) is 9.59 Å². The van der Waals surface area contributed by atoms with Gasteiger partial charge in [0.2, 0.25) is 5.91 Å². The summed E-state index contributed by atoms with van der Waals surface area (Å²) in [5, 5.41) is 5.51. The van der Waals surface area contributed by atoms with Crippen molar-refractivity contribution in [1.29, 1.82) is 0 Å². The number of aromatic nitrogens is 2. The number of carbonyl (C=O) groups is 2. The minimum absolute atomic E-state index is 0.268. The maximum atomic E-state index is 11.6. The minimum Gasteiger partial charge on any atom is -0.372 e. The molecule has 0 fully saturated rings. The van der Waals surface area contributed by atoms with E-state index in [0.717, 1.165) is 0 Å². The maximum Gasteiger partial charge on any atom is 0.271 e. The van der Waals surface area contributed by atoms with Crippen LogP contribution in [0.1, 0.15) is 29.8 Å². The van der Waals surface area contributed by atoms with Gasteiger partial charge >= 0.3 is 0 Å². The first kappa shape index (κ1) is 13.9. The smallest absolute Gasteiger partial charge is 0.271 e. The molecule has 0 atom stereocenters. The second kappa shape index (κ2) is 7.21. The third kappa shape index (κ3) is 4.77. The lowest BCUT2D eigenvalue weighted by atomic mass is 10.2. The highest BCUT2D eigenvalue weighted by molar-refractivity contribution is 5.91. The molecule has 0 aliphatic carbocycles. The summed E-state index contributed by atoms with van der Waals surface area (Å²) in [6, 6.07) is 0. The fourth-order valence-electron chi connectivity index (χ4n) is 1.29. The van der Waals surface area contributed by atoms with Gasteiger partial charge < -0.3 is 16.4 Å². The van der Waals surface area contributed by atoms with Crippen molar-refractivity contribution in [3.8, 4) is 0 Å². The van der Waals surface area contributed by atoms with Crippen LogP contribution in [0.25, 0.3) is 0 Å². The standard InChI is InChI=1S/C11H17N5O2/c1-13-10-7-15-8(6-16-10)11(18)14-5-3-2-4-9(12)17/h6-7H,2-5H2,1H3,(H2,12,17)(H,13,16)(H,14,18). The van der Waals surface area contributed by atoms with Gasteiger partial charge in [-0.3, -0.25) is 9.59 Å². The van der Waals surface area contributed by atoms with Crippen LogP contribution in [0, 0.1) is 0 Å². The normalized spacial score (nSPS) is 9.83. The summed E-state index contributed by atoms with van der Waals surface area (Å²) in [5.74, 6) is 0.00656. The van der Waals surface area contributed by atoms with E-state index in [4.69, 9.17) is 5.73 Å². The van der Waals surface area contributed by atoms with Crippen molar-refractivity contribution in [2.75, 3.05) is 18.9 Å². The Labute approximate surface area is 105 Å². The minimum atomic E-state index is -0.324. The average Bonchev–Trinajstić information content (AvgIpc) is 2.38. The zero-order valence-corrected chi connectivity index (χ0v) is 10.3. The number of amides is 2. The number of rotatable bonds is 7. The van der Waals surface area contributed by atoms with Crippen LogP contribution in [0.2, 0.25) is 0 Å². The number of hydrogen-bond acceptors (Lipinski definition) is 5. The molecule has 0 radical (unpaired) electrons. The first-order valence-electron chi connectivity index (χ1n) is 5.69. The Morgan fingerprint density at radius 2 is 2.06 bits per heavy atom. The van der Waals surface area contributed by atoms with Crippen LogP contribution < -0.4 is 16.4 Å². The number of nitrogens with two attached hydrogens (primary N) is 1. The molecule has 0 bridgehead atoms. The van der Waals surface area contributed by atoms with Crippen LogP contribution in [-0.4, -0.2) is 35.4 Å². The predicted molar refractivity (Wildman–Crippen MR) is 67.0 cm³/mol. The van der Waals surface area contributed by atoms with Crippen molar-refractivity contribution in [3.05, 3.63) is 18.1 Å². The van der Waals surface area contributed by atoms with Crippen LogP contribution >= 0.6 is 0 Å². The molecular weight excluding hydrogens is 234 g/mol. The number of carbonyl (C=O) groups excluding carboxylic acids is 2. The van der Waals surface area contributed by atoms with E-state index < -0.39 is 0 Å². The molecule has 0 saturated heterocycles. The highest BCUT2D eigenvalue weighted by Gasteiger charge is 2.06. The molecule has 1 aromatic heterocycles. The Balaban J connectivity index is 2.29. The molecular formula is C11H17N5O2. The van der Waals surface area contributed by atoms with E-state index in [1.54, 1.807) is 7.05 Å². The number of nitrogens with zero attached hydrogens (tertiary/aromatic N) is 2. The van der Waals surface area contributed by atoms with Crippen molar-refractivity contribution in [2.45, 2.75) is 19.3 Å². The summed E-state index contributed by atoms with van der Waals surface area (Å²) in [5.41, 5.74) is 5.27. The van der Waals surface area contributed by atoms with Crippen LogP contribution in [0.15, 0.2) is 12.4 Å². The van der Waals surface area contributed by atoms with Crippen molar-refractivity contribution >= 4 is 17.6 Å². The van der Waals surface area contributed by atoms with E-state index in [2.05, 4.69) is 20.6 Å². The molecule has 7 heteroatoms. The van der Waals surface area contributed by atoms with Gasteiger partial charge in [-0.25, -0.2) is 9.97 Å². The summed E-state index contributed by atoms with van der Waals surface area (Å²) in [4.78, 5) is 30.1. The van der Waals surface area contributed by atoms with E-state index in [-0.39, 0.29) is 17.5 Å². The highest BCUT2D eigenvalue weighted by atomic mass is 16.2. The van der Waals surface area contributed by atoms with Gasteiger partial charge in [0.25, 0.3) is 5.91 Å². The molecule has 4 N–H and O–H groups in total. The number of nitrogens with one attached hydrogen (secondary N) is 2. The Kier molecular flexibility index (Phi) is 5.56. The van der Waals surface area contributed by atoms with E-state index in [1.807, 2.05) is 0 Å². The zero-order valence-electron chi connectivity index (χ0n) is 10.3. The Morgan fingerprint density at radius 3 is 2.61 bits per heavy atom. The van der Waals surface area contributed by atoms with Crippen molar-refractivity contribution < 1.29 is 9.59 Å². The van der Waals surface area contributed by atoms with Crippen LogP contribution in [0.5, 0.6) is 0 Å². The molecule has 0 saturated carbocycles. The second-order valence-corrected chi connectivity index (χ2v) is 3.72. The fourth-order valence-corrected chi connectivity index (χ4v) is 1.29. The van der Waals surface area contributed by atoms with Gasteiger partial charge in [-0.15, -0.1) is 0 Å². The summed E-state index contributed by atoms with van der Waals surface area (Å²) >= 11 is 0. The van der Waals surface area contributed by atoms with Gasteiger partial charge in [-0.2, -0.15) is 0 Å². The Morgan fingerprint density at radius 1 is 1.28 bits per heavy atom. The predicted octanol–water partition coefficient (Wildman–Crippen LogP) is -0.0963. The molecule has 1 aromatic rings. The van der Waals surface area contributed by atoms with Crippen molar-refractivity contribution in [2.24, 2.45) is 5.73 Å². The molecule has 98 valence electrons. The van der Waals surface area contributed by atoms with Gasteiger partial charge in [0.15, 0.2) is 0 Å². The second-order valence-electron chi connectivity index (χ2n) is 3.72. The maximum absolute atomic E-state index is 11.6. The molecule has 0 aliphatic rings. The zero-order chi connectivity index (χ0) is 13.4. The highest BCUT2D eigenvalue weighted by Crippen LogP contribution is 1.99. The lowest BCUT2D eigenvalue weighted by Gasteiger charge is -2.04. The van der Waals surface area contributed by atoms with Gasteiger partial charge in [-0.05, 0) is 12.8 Å². The van der Waals surface area contributed by atoms with Crippen LogP contribution in [0.4, 0.5) is 5.82 Å². The summed E-state index contributed by atoms with van der Waals surface area (Å²) < 4.78 is 0. The molecule has 7 nitrogen and oxygen atoms in total. The molecule has 1 heterocycles. The number of primary amides is 1. The molecule has 0 aromatic carbocycles. The average molecular weight is 251 g/mol. The first-order chi connectivity index (χ1) is 8.63. The summed E-state index contributed by atoms with van der Waals surface area (Å²) in [7, 11) is 1.72. The SMILES string of the molecule is CNc1cnc(C(=O)NCCCCC(N)=O)cn1. The molecule has 18 heavy (non-hydrogen) atoms. The quantitative estimate of drug-likeness (QED) is 0.586. The lowest BCUT2D eigenvalue weighted by molar-refractivity contribution is -0.118. The lowest BCUT2D eigenvalue weighted by Crippen LogP contribution is -2.25. The number of anilines is 1. The van der Waals surface area contributed by atoms with Crippen molar-refractivity contribution in [1.82, 2.24) is 15.3 Å². The molecule has 0 unspecified atom stereocenters. The number of unbranched alkanes of at least 4 members (excludes halogenated alkanes) is 1. The summed E-state index contributed by atoms with van der Waals surface area (Å²) in [6.45, 7) is 0.488. The van der Waals surface area contributed by atoms with E-state index in [0.29, 0.717) is 31.6 Å². The Hall–Kier alpha value is -2.18. The Bertz CT molecular complexity index is 404. The first-order valence-corrected chi connectivity index (χ1v) is 5.69. The van der Waals surface area contributed by atoms with E-state index in [1.165, 1.54) is 12.4 Å². The van der Waals surface area contributed by atoms with Gasteiger partial charge in [0.05, 0.1) is 12.4 Å².